The van der Waals surface area contributed by atoms with Gasteiger partial charge in [0.15, 0.2) is 0 Å². The molecule has 0 aromatic rings. The summed E-state index contributed by atoms with van der Waals surface area (Å²) in [6.07, 6.45) is 1.35. The molecule has 0 bridgehead atoms. The van der Waals surface area contributed by atoms with E-state index in [1.807, 2.05) is 0 Å². The molecule has 1 radical (unpaired) electrons. The Kier molecular flexibility index (Phi) is 3.54. The minimum absolute atomic E-state index is 0.0654. The minimum Gasteiger partial charge on any atom is -0.348 e. The van der Waals surface area contributed by atoms with Crippen molar-refractivity contribution < 1.29 is 4.79 Å². The quantitative estimate of drug-likeness (QED) is 0.460. The van der Waals surface area contributed by atoms with Crippen LogP contribution in [-0.4, -0.2) is 24.9 Å². The number of hydrogen-bond acceptors (Lipinski definition) is 1. The van der Waals surface area contributed by atoms with Gasteiger partial charge in [0.2, 0.25) is 5.91 Å². The monoisotopic (exact) mass is 124 g/mol. The third-order valence-corrected chi connectivity index (χ3v) is 0.781. The van der Waals surface area contributed by atoms with Gasteiger partial charge in [-0.3, -0.25) is 4.79 Å². The zero-order valence-electron chi connectivity index (χ0n) is 5.93. The molecule has 0 saturated carbocycles. The fourth-order valence-corrected chi connectivity index (χ4v) is 0.263. The summed E-state index contributed by atoms with van der Waals surface area (Å²) in [5, 5.41) is 0. The van der Waals surface area contributed by atoms with E-state index in [1.165, 1.54) is 11.3 Å². The van der Waals surface area contributed by atoms with Crippen molar-refractivity contribution in [3.63, 3.8) is 0 Å². The number of carbonyl (C=O) groups is 1. The molecule has 2 nitrogen and oxygen atoms in total. The maximum absolute atomic E-state index is 10.7. The lowest BCUT2D eigenvalue weighted by Crippen LogP contribution is -2.20. The highest BCUT2D eigenvalue weighted by molar-refractivity contribution is 5.87. The average Bonchev–Trinajstić information content (AvgIpc) is 1.82. The minimum atomic E-state index is -0.0654. The summed E-state index contributed by atoms with van der Waals surface area (Å²) in [7, 11) is 3.38. The SMILES string of the molecule is CC#C[CH]C(=O)N(C)C. The lowest BCUT2D eigenvalue weighted by atomic mass is 10.4. The average molecular weight is 124 g/mol. The van der Waals surface area contributed by atoms with Crippen LogP contribution in [0.1, 0.15) is 6.92 Å². The predicted octanol–water partition coefficient (Wildman–Crippen LogP) is 0.302. The summed E-state index contributed by atoms with van der Waals surface area (Å²) in [6.45, 7) is 1.69. The second-order valence-corrected chi connectivity index (χ2v) is 1.77. The molecule has 0 aromatic heterocycles. The van der Waals surface area contributed by atoms with Gasteiger partial charge in [0.25, 0.3) is 0 Å². The Balaban J connectivity index is 3.60. The van der Waals surface area contributed by atoms with Crippen molar-refractivity contribution in [1.29, 1.82) is 0 Å². The lowest BCUT2D eigenvalue weighted by Gasteiger charge is -2.05. The van der Waals surface area contributed by atoms with E-state index in [0.29, 0.717) is 0 Å². The number of amides is 1. The Morgan fingerprint density at radius 3 is 2.44 bits per heavy atom. The Bertz CT molecular complexity index is 150. The Morgan fingerprint density at radius 1 is 1.56 bits per heavy atom. The molecule has 1 amide bonds. The van der Waals surface area contributed by atoms with Gasteiger partial charge in [-0.2, -0.15) is 0 Å². The Hall–Kier alpha value is -0.970. The van der Waals surface area contributed by atoms with E-state index >= 15 is 0 Å². The maximum Gasteiger partial charge on any atom is 0.239 e. The first kappa shape index (κ1) is 8.03. The van der Waals surface area contributed by atoms with E-state index in [1.54, 1.807) is 21.0 Å². The van der Waals surface area contributed by atoms with Crippen molar-refractivity contribution in [2.24, 2.45) is 0 Å². The standard InChI is InChI=1S/C7H10NO/c1-4-5-6-7(9)8(2)3/h6H,1-3H3. The van der Waals surface area contributed by atoms with E-state index in [-0.39, 0.29) is 5.91 Å². The second-order valence-electron chi connectivity index (χ2n) is 1.77. The van der Waals surface area contributed by atoms with Crippen LogP contribution in [0.3, 0.4) is 0 Å². The summed E-state index contributed by atoms with van der Waals surface area (Å²) in [4.78, 5) is 12.1. The van der Waals surface area contributed by atoms with Crippen molar-refractivity contribution in [2.45, 2.75) is 6.92 Å². The van der Waals surface area contributed by atoms with Crippen LogP contribution in [-0.2, 0) is 4.79 Å². The Labute approximate surface area is 55.8 Å². The van der Waals surface area contributed by atoms with Gasteiger partial charge in [-0.25, -0.2) is 0 Å². The van der Waals surface area contributed by atoms with E-state index in [9.17, 15) is 4.79 Å². The number of nitrogens with zero attached hydrogens (tertiary/aromatic N) is 1. The van der Waals surface area contributed by atoms with Gasteiger partial charge in [0.05, 0.1) is 0 Å². The van der Waals surface area contributed by atoms with Gasteiger partial charge in [0, 0.05) is 14.1 Å². The van der Waals surface area contributed by atoms with Crippen molar-refractivity contribution in [3.05, 3.63) is 6.42 Å². The first-order valence-electron chi connectivity index (χ1n) is 2.65. The molecule has 0 aliphatic heterocycles. The molecule has 0 heterocycles. The fraction of sp³-hybridized carbons (Fsp3) is 0.429. The van der Waals surface area contributed by atoms with Crippen molar-refractivity contribution in [3.8, 4) is 11.8 Å². The van der Waals surface area contributed by atoms with Crippen molar-refractivity contribution in [2.75, 3.05) is 14.1 Å². The molecule has 0 saturated heterocycles. The molecule has 0 aliphatic rings. The third kappa shape index (κ3) is 3.60. The molecule has 0 fully saturated rings. The first-order valence-corrected chi connectivity index (χ1v) is 2.65. The van der Waals surface area contributed by atoms with Crippen LogP contribution in [0.25, 0.3) is 0 Å². The van der Waals surface area contributed by atoms with E-state index in [0.717, 1.165) is 0 Å². The van der Waals surface area contributed by atoms with Crippen LogP contribution in [0.15, 0.2) is 0 Å². The lowest BCUT2D eigenvalue weighted by molar-refractivity contribution is -0.124. The van der Waals surface area contributed by atoms with Crippen LogP contribution in [0.4, 0.5) is 0 Å². The number of hydrogen-bond donors (Lipinski definition) is 0. The Morgan fingerprint density at radius 2 is 2.11 bits per heavy atom. The first-order chi connectivity index (χ1) is 4.18. The van der Waals surface area contributed by atoms with Crippen molar-refractivity contribution in [1.82, 2.24) is 4.90 Å². The molecule has 0 N–H and O–H groups in total. The van der Waals surface area contributed by atoms with E-state index < -0.39 is 0 Å². The highest BCUT2D eigenvalue weighted by Crippen LogP contribution is 1.81. The van der Waals surface area contributed by atoms with Gasteiger partial charge in [-0.05, 0) is 6.92 Å². The zero-order chi connectivity index (χ0) is 7.28. The van der Waals surface area contributed by atoms with Crippen LogP contribution in [0.2, 0.25) is 0 Å². The highest BCUT2D eigenvalue weighted by atomic mass is 16.2. The smallest absolute Gasteiger partial charge is 0.239 e. The van der Waals surface area contributed by atoms with Crippen molar-refractivity contribution >= 4 is 5.91 Å². The van der Waals surface area contributed by atoms with Gasteiger partial charge < -0.3 is 4.90 Å². The summed E-state index contributed by atoms with van der Waals surface area (Å²) in [5.41, 5.74) is 0. The van der Waals surface area contributed by atoms with E-state index in [2.05, 4.69) is 11.8 Å². The molecule has 0 rings (SSSR count). The molecule has 0 aliphatic carbocycles. The predicted molar refractivity (Wildman–Crippen MR) is 36.4 cm³/mol. The molecule has 0 unspecified atom stereocenters. The molecule has 0 atom stereocenters. The van der Waals surface area contributed by atoms with Gasteiger partial charge >= 0.3 is 0 Å². The molecule has 0 aromatic carbocycles. The van der Waals surface area contributed by atoms with E-state index in [4.69, 9.17) is 0 Å². The number of carbonyl (C=O) groups excluding carboxylic acids is 1. The molecule has 0 spiro atoms. The highest BCUT2D eigenvalue weighted by Gasteiger charge is 1.98. The third-order valence-electron chi connectivity index (χ3n) is 0.781. The maximum atomic E-state index is 10.7. The topological polar surface area (TPSA) is 20.3 Å². The molecule has 49 valence electrons. The summed E-state index contributed by atoms with van der Waals surface area (Å²) in [6, 6.07) is 0. The zero-order valence-corrected chi connectivity index (χ0v) is 5.93. The fourth-order valence-electron chi connectivity index (χ4n) is 0.263. The number of rotatable bonds is 1. The van der Waals surface area contributed by atoms with Gasteiger partial charge in [-0.1, -0.05) is 5.92 Å². The van der Waals surface area contributed by atoms with Crippen LogP contribution in [0, 0.1) is 18.3 Å². The van der Waals surface area contributed by atoms with Gasteiger partial charge in [0.1, 0.15) is 6.42 Å². The normalized spacial score (nSPS) is 7.44. The van der Waals surface area contributed by atoms with Crippen LogP contribution >= 0.6 is 0 Å². The summed E-state index contributed by atoms with van der Waals surface area (Å²) in [5.74, 6) is 5.10. The molecular weight excluding hydrogens is 114 g/mol. The summed E-state index contributed by atoms with van der Waals surface area (Å²) < 4.78 is 0. The summed E-state index contributed by atoms with van der Waals surface area (Å²) >= 11 is 0. The van der Waals surface area contributed by atoms with Gasteiger partial charge in [-0.15, -0.1) is 5.92 Å². The second kappa shape index (κ2) is 3.96. The molecular formula is C7H10NO. The van der Waals surface area contributed by atoms with Crippen LogP contribution in [0.5, 0.6) is 0 Å². The van der Waals surface area contributed by atoms with Crippen LogP contribution < -0.4 is 0 Å². The molecule has 2 heteroatoms. The largest absolute Gasteiger partial charge is 0.348 e. The molecule has 9 heavy (non-hydrogen) atoms.